The molecule has 0 bridgehead atoms. The van der Waals surface area contributed by atoms with Gasteiger partial charge in [0.2, 0.25) is 0 Å². The van der Waals surface area contributed by atoms with Gasteiger partial charge in [-0.25, -0.2) is 9.97 Å². The smallest absolute Gasteiger partial charge is 0.133 e. The zero-order valence-electron chi connectivity index (χ0n) is 9.69. The van der Waals surface area contributed by atoms with Crippen LogP contribution in [0.2, 0.25) is 0 Å². The third-order valence-corrected chi connectivity index (χ3v) is 3.47. The van der Waals surface area contributed by atoms with E-state index in [1.807, 2.05) is 12.1 Å². The van der Waals surface area contributed by atoms with E-state index >= 15 is 0 Å². The van der Waals surface area contributed by atoms with Gasteiger partial charge in [-0.3, -0.25) is 0 Å². The highest BCUT2D eigenvalue weighted by Crippen LogP contribution is 2.32. The van der Waals surface area contributed by atoms with Gasteiger partial charge in [-0.2, -0.15) is 0 Å². The summed E-state index contributed by atoms with van der Waals surface area (Å²) in [6, 6.07) is 3.85. The van der Waals surface area contributed by atoms with Crippen molar-refractivity contribution in [2.75, 3.05) is 5.73 Å². The molecule has 84 valence electrons. The lowest BCUT2D eigenvalue weighted by molar-refractivity contribution is 0.826. The lowest BCUT2D eigenvalue weighted by atomic mass is 10.1. The molecule has 2 aromatic rings. The Morgan fingerprint density at radius 2 is 2.12 bits per heavy atom. The molecule has 0 amide bonds. The maximum Gasteiger partial charge on any atom is 0.133 e. The zero-order chi connectivity index (χ0) is 11.7. The minimum atomic E-state index is 0.447. The molecule has 2 rings (SSSR count). The van der Waals surface area contributed by atoms with Crippen LogP contribution >= 0.6 is 11.3 Å². The van der Waals surface area contributed by atoms with Gasteiger partial charge < -0.3 is 5.73 Å². The lowest BCUT2D eigenvalue weighted by Crippen LogP contribution is -1.93. The Morgan fingerprint density at radius 1 is 1.38 bits per heavy atom. The highest BCUT2D eigenvalue weighted by Gasteiger charge is 2.13. The number of thiazole rings is 1. The van der Waals surface area contributed by atoms with Crippen molar-refractivity contribution in [3.05, 3.63) is 28.9 Å². The summed E-state index contributed by atoms with van der Waals surface area (Å²) in [6.07, 6.45) is 1.70. The number of nitrogens with two attached hydrogens (primary N) is 1. The molecule has 0 aliphatic carbocycles. The molecule has 3 nitrogen and oxygen atoms in total. The van der Waals surface area contributed by atoms with Crippen molar-refractivity contribution >= 4 is 17.2 Å². The summed E-state index contributed by atoms with van der Waals surface area (Å²) in [7, 11) is 0. The van der Waals surface area contributed by atoms with Crippen LogP contribution in [0.1, 0.15) is 30.3 Å². The minimum absolute atomic E-state index is 0.447. The Kier molecular flexibility index (Phi) is 2.92. The van der Waals surface area contributed by atoms with E-state index in [1.54, 1.807) is 17.5 Å². The summed E-state index contributed by atoms with van der Waals surface area (Å²) < 4.78 is 0. The van der Waals surface area contributed by atoms with Crippen LogP contribution in [0.3, 0.4) is 0 Å². The average molecular weight is 233 g/mol. The van der Waals surface area contributed by atoms with E-state index in [2.05, 4.69) is 30.7 Å². The Balaban J connectivity index is 2.50. The molecule has 0 saturated carbocycles. The van der Waals surface area contributed by atoms with Crippen LogP contribution in [-0.4, -0.2) is 9.97 Å². The molecule has 2 N–H and O–H groups in total. The summed E-state index contributed by atoms with van der Waals surface area (Å²) in [5, 5.41) is 0.965. The Morgan fingerprint density at radius 3 is 2.69 bits per heavy atom. The molecule has 16 heavy (non-hydrogen) atoms. The summed E-state index contributed by atoms with van der Waals surface area (Å²) in [6.45, 7) is 6.40. The fourth-order valence-electron chi connectivity index (χ4n) is 1.66. The fraction of sp³-hybridized carbons (Fsp3) is 0.333. The van der Waals surface area contributed by atoms with E-state index in [4.69, 9.17) is 5.73 Å². The molecule has 0 atom stereocenters. The standard InChI is InChI=1S/C12H15N3S/c1-7(2)10-8(3)16-12(15-10)9-5-4-6-14-11(9)13/h4-7H,1-3H3,(H2,13,14). The lowest BCUT2D eigenvalue weighted by Gasteiger charge is -2.01. The third kappa shape index (κ3) is 1.93. The molecule has 0 radical (unpaired) electrons. The van der Waals surface area contributed by atoms with Crippen molar-refractivity contribution in [3.8, 4) is 10.6 Å². The maximum atomic E-state index is 5.84. The molecule has 2 heterocycles. The van der Waals surface area contributed by atoms with Gasteiger partial charge in [0.05, 0.1) is 11.3 Å². The van der Waals surface area contributed by atoms with Crippen molar-refractivity contribution in [1.82, 2.24) is 9.97 Å². The molecule has 0 aliphatic rings. The number of pyridine rings is 1. The predicted octanol–water partition coefficient (Wildman–Crippen LogP) is 3.22. The van der Waals surface area contributed by atoms with Crippen molar-refractivity contribution in [2.24, 2.45) is 0 Å². The van der Waals surface area contributed by atoms with Gasteiger partial charge in [0, 0.05) is 11.1 Å². The molecule has 0 spiro atoms. The normalized spacial score (nSPS) is 11.0. The molecule has 0 saturated heterocycles. The van der Waals surface area contributed by atoms with E-state index in [1.165, 1.54) is 4.88 Å². The molecule has 2 aromatic heterocycles. The second-order valence-corrected chi connectivity index (χ2v) is 5.25. The number of nitrogen functional groups attached to an aromatic ring is 1. The Hall–Kier alpha value is -1.42. The Bertz CT molecular complexity index is 503. The first kappa shape index (κ1) is 11.1. The van der Waals surface area contributed by atoms with Gasteiger partial charge in [0.1, 0.15) is 10.8 Å². The van der Waals surface area contributed by atoms with E-state index < -0.39 is 0 Å². The van der Waals surface area contributed by atoms with Gasteiger partial charge in [-0.05, 0) is 25.0 Å². The van der Waals surface area contributed by atoms with Gasteiger partial charge in [0.25, 0.3) is 0 Å². The second-order valence-electron chi connectivity index (χ2n) is 4.05. The van der Waals surface area contributed by atoms with Crippen LogP contribution in [0.4, 0.5) is 5.82 Å². The van der Waals surface area contributed by atoms with Crippen LogP contribution in [0.5, 0.6) is 0 Å². The van der Waals surface area contributed by atoms with Crippen LogP contribution in [0.25, 0.3) is 10.6 Å². The van der Waals surface area contributed by atoms with Crippen LogP contribution in [0.15, 0.2) is 18.3 Å². The average Bonchev–Trinajstić information content (AvgIpc) is 2.61. The first-order valence-electron chi connectivity index (χ1n) is 5.27. The van der Waals surface area contributed by atoms with Crippen LogP contribution < -0.4 is 5.73 Å². The van der Waals surface area contributed by atoms with Crippen molar-refractivity contribution in [3.63, 3.8) is 0 Å². The van der Waals surface area contributed by atoms with Gasteiger partial charge in [0.15, 0.2) is 0 Å². The highest BCUT2D eigenvalue weighted by atomic mass is 32.1. The quantitative estimate of drug-likeness (QED) is 0.866. The highest BCUT2D eigenvalue weighted by molar-refractivity contribution is 7.15. The molecule has 0 fully saturated rings. The number of anilines is 1. The third-order valence-electron chi connectivity index (χ3n) is 2.45. The number of aromatic nitrogens is 2. The zero-order valence-corrected chi connectivity index (χ0v) is 10.5. The first-order chi connectivity index (χ1) is 7.59. The largest absolute Gasteiger partial charge is 0.383 e. The summed E-state index contributed by atoms with van der Waals surface area (Å²) in [5.41, 5.74) is 7.93. The van der Waals surface area contributed by atoms with Crippen LogP contribution in [-0.2, 0) is 0 Å². The molecular weight excluding hydrogens is 218 g/mol. The van der Waals surface area contributed by atoms with Crippen molar-refractivity contribution in [2.45, 2.75) is 26.7 Å². The SMILES string of the molecule is Cc1sc(-c2cccnc2N)nc1C(C)C. The number of hydrogen-bond donors (Lipinski definition) is 1. The van der Waals surface area contributed by atoms with Crippen LogP contribution in [0, 0.1) is 6.92 Å². The topological polar surface area (TPSA) is 51.8 Å². The summed E-state index contributed by atoms with van der Waals surface area (Å²) >= 11 is 1.68. The van der Waals surface area contributed by atoms with Crippen molar-refractivity contribution in [1.29, 1.82) is 0 Å². The first-order valence-corrected chi connectivity index (χ1v) is 6.09. The second kappa shape index (κ2) is 4.22. The number of hydrogen-bond acceptors (Lipinski definition) is 4. The summed E-state index contributed by atoms with van der Waals surface area (Å²) in [5.74, 6) is 0.995. The van der Waals surface area contributed by atoms with E-state index in [9.17, 15) is 0 Å². The maximum absolute atomic E-state index is 5.84. The van der Waals surface area contributed by atoms with Crippen molar-refractivity contribution < 1.29 is 0 Å². The molecule has 0 unspecified atom stereocenters. The van der Waals surface area contributed by atoms with Gasteiger partial charge in [-0.15, -0.1) is 11.3 Å². The van der Waals surface area contributed by atoms with Gasteiger partial charge >= 0.3 is 0 Å². The predicted molar refractivity (Wildman–Crippen MR) is 68.6 cm³/mol. The minimum Gasteiger partial charge on any atom is -0.383 e. The number of rotatable bonds is 2. The monoisotopic (exact) mass is 233 g/mol. The fourth-order valence-corrected chi connectivity index (χ4v) is 2.76. The van der Waals surface area contributed by atoms with E-state index in [0.29, 0.717) is 11.7 Å². The molecule has 0 aliphatic heterocycles. The van der Waals surface area contributed by atoms with E-state index in [0.717, 1.165) is 16.3 Å². The molecular formula is C12H15N3S. The molecule has 4 heteroatoms. The van der Waals surface area contributed by atoms with E-state index in [-0.39, 0.29) is 0 Å². The number of aryl methyl sites for hydroxylation is 1. The Labute approximate surface area is 99.4 Å². The van der Waals surface area contributed by atoms with Gasteiger partial charge in [-0.1, -0.05) is 13.8 Å². The molecule has 0 aromatic carbocycles. The summed E-state index contributed by atoms with van der Waals surface area (Å²) in [4.78, 5) is 9.98. The number of nitrogens with zero attached hydrogens (tertiary/aromatic N) is 2.